The number of benzene rings is 2. The summed E-state index contributed by atoms with van der Waals surface area (Å²) in [5.74, 6) is -0.420. The van der Waals surface area contributed by atoms with Crippen molar-refractivity contribution in [2.24, 2.45) is 7.05 Å². The second-order valence-electron chi connectivity index (χ2n) is 5.64. The fourth-order valence-corrected chi connectivity index (χ4v) is 2.99. The molecule has 0 radical (unpaired) electrons. The molecule has 3 aromatic rings. The summed E-state index contributed by atoms with van der Waals surface area (Å²) in [4.78, 5) is 12.1. The van der Waals surface area contributed by atoms with Crippen molar-refractivity contribution in [3.8, 4) is 11.5 Å². The maximum atomic E-state index is 12.7. The van der Waals surface area contributed by atoms with E-state index >= 15 is 0 Å². The van der Waals surface area contributed by atoms with E-state index in [1.54, 1.807) is 36.4 Å². The van der Waals surface area contributed by atoms with Crippen LogP contribution in [0.2, 0.25) is 0 Å². The van der Waals surface area contributed by atoms with E-state index in [0.717, 1.165) is 16.3 Å². The molecule has 1 heterocycles. The highest BCUT2D eigenvalue weighted by atomic mass is 32.2. The molecule has 28 heavy (non-hydrogen) atoms. The van der Waals surface area contributed by atoms with Gasteiger partial charge in [-0.15, -0.1) is 10.2 Å². The Labute approximate surface area is 162 Å². The van der Waals surface area contributed by atoms with Gasteiger partial charge in [-0.3, -0.25) is 4.79 Å². The molecule has 0 spiro atoms. The molecule has 0 aliphatic carbocycles. The number of ether oxygens (including phenoxy) is 1. The summed E-state index contributed by atoms with van der Waals surface area (Å²) in [7, 11) is 1.20. The van der Waals surface area contributed by atoms with Crippen LogP contribution in [0.4, 0.5) is 18.9 Å². The van der Waals surface area contributed by atoms with E-state index < -0.39 is 17.9 Å². The van der Waals surface area contributed by atoms with Crippen LogP contribution in [0.25, 0.3) is 0 Å². The first kappa shape index (κ1) is 19.7. The molecule has 0 fully saturated rings. The van der Waals surface area contributed by atoms with Crippen molar-refractivity contribution in [3.05, 3.63) is 60.4 Å². The number of hydrogen-bond acceptors (Lipinski definition) is 5. The first-order chi connectivity index (χ1) is 13.3. The van der Waals surface area contributed by atoms with Gasteiger partial charge in [-0.25, -0.2) is 0 Å². The molecule has 2 aromatic carbocycles. The van der Waals surface area contributed by atoms with Crippen LogP contribution < -0.4 is 10.1 Å². The lowest BCUT2D eigenvalue weighted by Crippen LogP contribution is -2.15. The summed E-state index contributed by atoms with van der Waals surface area (Å²) in [6, 6.07) is 16.0. The van der Waals surface area contributed by atoms with Crippen molar-refractivity contribution < 1.29 is 22.7 Å². The van der Waals surface area contributed by atoms with Crippen LogP contribution in [0.3, 0.4) is 0 Å². The van der Waals surface area contributed by atoms with Gasteiger partial charge in [0.25, 0.3) is 0 Å². The molecule has 0 aliphatic heterocycles. The van der Waals surface area contributed by atoms with Crippen molar-refractivity contribution in [2.45, 2.75) is 11.3 Å². The number of alkyl halides is 3. The number of amides is 1. The molecule has 0 atom stereocenters. The van der Waals surface area contributed by atoms with Crippen molar-refractivity contribution in [1.82, 2.24) is 14.8 Å². The molecule has 0 unspecified atom stereocenters. The molecule has 10 heteroatoms. The minimum Gasteiger partial charge on any atom is -0.457 e. The molecular weight excluding hydrogens is 393 g/mol. The largest absolute Gasteiger partial charge is 0.457 e. The van der Waals surface area contributed by atoms with E-state index in [4.69, 9.17) is 4.74 Å². The van der Waals surface area contributed by atoms with Crippen LogP contribution in [-0.2, 0) is 18.0 Å². The maximum Gasteiger partial charge on any atom is 0.451 e. The lowest BCUT2D eigenvalue weighted by atomic mass is 10.3. The van der Waals surface area contributed by atoms with Crippen LogP contribution in [0, 0.1) is 0 Å². The number of thioether (sulfide) groups is 1. The van der Waals surface area contributed by atoms with Crippen molar-refractivity contribution >= 4 is 23.4 Å². The van der Waals surface area contributed by atoms with Gasteiger partial charge in [-0.2, -0.15) is 13.2 Å². The number of anilines is 1. The Bertz CT molecular complexity index is 961. The van der Waals surface area contributed by atoms with Crippen LogP contribution in [0.15, 0.2) is 59.8 Å². The minimum atomic E-state index is -4.60. The van der Waals surface area contributed by atoms with Gasteiger partial charge in [-0.1, -0.05) is 36.0 Å². The van der Waals surface area contributed by atoms with E-state index in [0.29, 0.717) is 17.2 Å². The summed E-state index contributed by atoms with van der Waals surface area (Å²) >= 11 is 0.864. The van der Waals surface area contributed by atoms with Crippen molar-refractivity contribution in [2.75, 3.05) is 11.1 Å². The topological polar surface area (TPSA) is 69.0 Å². The quantitative estimate of drug-likeness (QED) is 0.614. The number of rotatable bonds is 6. The van der Waals surface area contributed by atoms with Crippen LogP contribution in [-0.4, -0.2) is 26.4 Å². The third-order valence-electron chi connectivity index (χ3n) is 3.52. The monoisotopic (exact) mass is 408 g/mol. The van der Waals surface area contributed by atoms with Crippen molar-refractivity contribution in [3.63, 3.8) is 0 Å². The predicted molar refractivity (Wildman–Crippen MR) is 98.3 cm³/mol. The Kier molecular flexibility index (Phi) is 5.88. The van der Waals surface area contributed by atoms with Gasteiger partial charge in [-0.05, 0) is 24.3 Å². The van der Waals surface area contributed by atoms with Gasteiger partial charge in [0.1, 0.15) is 11.5 Å². The Morgan fingerprint density at radius 1 is 1.11 bits per heavy atom. The van der Waals surface area contributed by atoms with Crippen LogP contribution in [0.1, 0.15) is 5.82 Å². The normalized spacial score (nSPS) is 11.3. The van der Waals surface area contributed by atoms with Gasteiger partial charge in [0, 0.05) is 18.8 Å². The Balaban J connectivity index is 1.58. The smallest absolute Gasteiger partial charge is 0.451 e. The molecular formula is C18H15F3N4O2S. The second kappa shape index (κ2) is 8.34. The van der Waals surface area contributed by atoms with Crippen LogP contribution >= 0.6 is 11.8 Å². The minimum absolute atomic E-state index is 0.00337. The first-order valence-corrected chi connectivity index (χ1v) is 9.03. The lowest BCUT2D eigenvalue weighted by molar-refractivity contribution is -0.147. The number of carbonyl (C=O) groups is 1. The zero-order valence-corrected chi connectivity index (χ0v) is 15.4. The standard InChI is InChI=1S/C18H15F3N4O2S/c1-25-16(18(19,20)21)23-24-17(25)28-11-15(26)22-12-6-5-9-14(10-12)27-13-7-3-2-4-8-13/h2-10H,11H2,1H3,(H,22,26). The van der Waals surface area contributed by atoms with Gasteiger partial charge in [0.15, 0.2) is 5.16 Å². The number of hydrogen-bond donors (Lipinski definition) is 1. The van der Waals surface area contributed by atoms with E-state index in [-0.39, 0.29) is 10.9 Å². The average Bonchev–Trinajstić information content (AvgIpc) is 3.02. The van der Waals surface area contributed by atoms with E-state index in [2.05, 4.69) is 15.5 Å². The lowest BCUT2D eigenvalue weighted by Gasteiger charge is -2.09. The fraction of sp³-hybridized carbons (Fsp3) is 0.167. The van der Waals surface area contributed by atoms with Gasteiger partial charge in [0.05, 0.1) is 5.75 Å². The fourth-order valence-electron chi connectivity index (χ4n) is 2.28. The van der Waals surface area contributed by atoms with Gasteiger partial charge in [0.2, 0.25) is 11.7 Å². The summed E-state index contributed by atoms with van der Waals surface area (Å²) in [6.45, 7) is 0. The molecule has 146 valence electrons. The molecule has 0 bridgehead atoms. The van der Waals surface area contributed by atoms with Gasteiger partial charge < -0.3 is 14.6 Å². The Morgan fingerprint density at radius 3 is 2.50 bits per heavy atom. The molecule has 3 rings (SSSR count). The molecule has 0 aliphatic rings. The second-order valence-corrected chi connectivity index (χ2v) is 6.59. The summed E-state index contributed by atoms with van der Waals surface area (Å²) < 4.78 is 44.7. The summed E-state index contributed by atoms with van der Waals surface area (Å²) in [5.41, 5.74) is 0.507. The van der Waals surface area contributed by atoms with E-state index in [1.807, 2.05) is 18.2 Å². The molecule has 1 aromatic heterocycles. The SMILES string of the molecule is Cn1c(SCC(=O)Nc2cccc(Oc3ccccc3)c2)nnc1C(F)(F)F. The average molecular weight is 408 g/mol. The van der Waals surface area contributed by atoms with Crippen LogP contribution in [0.5, 0.6) is 11.5 Å². The van der Waals surface area contributed by atoms with Gasteiger partial charge >= 0.3 is 6.18 Å². The third kappa shape index (κ3) is 5.03. The molecule has 6 nitrogen and oxygen atoms in total. The molecule has 1 amide bonds. The third-order valence-corrected chi connectivity index (χ3v) is 4.54. The number of halogens is 3. The molecule has 1 N–H and O–H groups in total. The number of nitrogens with zero attached hydrogens (tertiary/aromatic N) is 3. The van der Waals surface area contributed by atoms with E-state index in [1.165, 1.54) is 7.05 Å². The highest BCUT2D eigenvalue weighted by Gasteiger charge is 2.37. The van der Waals surface area contributed by atoms with Crippen molar-refractivity contribution in [1.29, 1.82) is 0 Å². The number of carbonyl (C=O) groups excluding carboxylic acids is 1. The number of nitrogens with one attached hydrogen (secondary N) is 1. The summed E-state index contributed by atoms with van der Waals surface area (Å²) in [5, 5.41) is 9.28. The maximum absolute atomic E-state index is 12.7. The predicted octanol–water partition coefficient (Wildman–Crippen LogP) is 4.36. The molecule has 0 saturated carbocycles. The Hall–Kier alpha value is -3.01. The van der Waals surface area contributed by atoms with E-state index in [9.17, 15) is 18.0 Å². The highest BCUT2D eigenvalue weighted by Crippen LogP contribution is 2.29. The first-order valence-electron chi connectivity index (χ1n) is 8.05. The summed E-state index contributed by atoms with van der Waals surface area (Å²) in [6.07, 6.45) is -4.60. The number of aromatic nitrogens is 3. The zero-order chi connectivity index (χ0) is 20.1. The Morgan fingerprint density at radius 2 is 1.82 bits per heavy atom. The zero-order valence-electron chi connectivity index (χ0n) is 14.6. The molecule has 0 saturated heterocycles. The number of para-hydroxylation sites is 1. The highest BCUT2D eigenvalue weighted by molar-refractivity contribution is 7.99.